The SMILES string of the molecule is COc1cc(OC)cc(C(=O)NC2CCN(C(=O)c3cccc(Cl)c3)CC2)c1. The number of ether oxygens (including phenoxy) is 2. The molecular formula is C21H23ClN2O4. The molecule has 0 unspecified atom stereocenters. The van der Waals surface area contributed by atoms with Gasteiger partial charge in [-0.15, -0.1) is 0 Å². The van der Waals surface area contributed by atoms with Gasteiger partial charge in [0.2, 0.25) is 0 Å². The van der Waals surface area contributed by atoms with Crippen molar-refractivity contribution < 1.29 is 19.1 Å². The van der Waals surface area contributed by atoms with E-state index in [9.17, 15) is 9.59 Å². The van der Waals surface area contributed by atoms with Crippen LogP contribution in [-0.4, -0.2) is 50.1 Å². The fourth-order valence-corrected chi connectivity index (χ4v) is 3.43. The van der Waals surface area contributed by atoms with Crippen molar-refractivity contribution in [1.82, 2.24) is 10.2 Å². The molecule has 2 aromatic rings. The average molecular weight is 403 g/mol. The minimum Gasteiger partial charge on any atom is -0.497 e. The fraction of sp³-hybridized carbons (Fsp3) is 0.333. The van der Waals surface area contributed by atoms with E-state index < -0.39 is 0 Å². The maximum Gasteiger partial charge on any atom is 0.253 e. The summed E-state index contributed by atoms with van der Waals surface area (Å²) in [5.74, 6) is 0.902. The minimum atomic E-state index is -0.184. The van der Waals surface area contributed by atoms with Gasteiger partial charge in [0.1, 0.15) is 11.5 Å². The van der Waals surface area contributed by atoms with Crippen molar-refractivity contribution in [3.63, 3.8) is 0 Å². The smallest absolute Gasteiger partial charge is 0.253 e. The number of hydrogen-bond donors (Lipinski definition) is 1. The number of methoxy groups -OCH3 is 2. The van der Waals surface area contributed by atoms with E-state index in [1.54, 1.807) is 61.6 Å². The predicted molar refractivity (Wildman–Crippen MR) is 107 cm³/mol. The fourth-order valence-electron chi connectivity index (χ4n) is 3.24. The molecular weight excluding hydrogens is 380 g/mol. The number of carbonyl (C=O) groups is 2. The van der Waals surface area contributed by atoms with E-state index in [1.807, 2.05) is 0 Å². The Balaban J connectivity index is 1.58. The lowest BCUT2D eigenvalue weighted by molar-refractivity contribution is 0.0698. The first kappa shape index (κ1) is 20.0. The third-order valence-corrected chi connectivity index (χ3v) is 5.04. The predicted octanol–water partition coefficient (Wildman–Crippen LogP) is 3.39. The van der Waals surface area contributed by atoms with Gasteiger partial charge in [-0.2, -0.15) is 0 Å². The van der Waals surface area contributed by atoms with E-state index in [0.29, 0.717) is 53.6 Å². The van der Waals surface area contributed by atoms with Crippen LogP contribution in [0.1, 0.15) is 33.6 Å². The summed E-state index contributed by atoms with van der Waals surface area (Å²) in [7, 11) is 3.09. The Morgan fingerprint density at radius 3 is 2.21 bits per heavy atom. The first-order valence-electron chi connectivity index (χ1n) is 9.09. The molecule has 6 nitrogen and oxygen atoms in total. The maximum absolute atomic E-state index is 12.6. The van der Waals surface area contributed by atoms with Crippen molar-refractivity contribution in [3.8, 4) is 11.5 Å². The van der Waals surface area contributed by atoms with Crippen LogP contribution in [0.3, 0.4) is 0 Å². The molecule has 1 aliphatic heterocycles. The van der Waals surface area contributed by atoms with Gasteiger partial charge < -0.3 is 19.7 Å². The van der Waals surface area contributed by atoms with Gasteiger partial charge in [-0.3, -0.25) is 9.59 Å². The van der Waals surface area contributed by atoms with Gasteiger partial charge in [-0.05, 0) is 43.2 Å². The lowest BCUT2D eigenvalue weighted by atomic mass is 10.0. The van der Waals surface area contributed by atoms with Crippen molar-refractivity contribution >= 4 is 23.4 Å². The van der Waals surface area contributed by atoms with Crippen LogP contribution < -0.4 is 14.8 Å². The summed E-state index contributed by atoms with van der Waals surface area (Å²) in [6.45, 7) is 1.16. The molecule has 0 bridgehead atoms. The quantitative estimate of drug-likeness (QED) is 0.832. The third-order valence-electron chi connectivity index (χ3n) is 4.80. The summed E-state index contributed by atoms with van der Waals surface area (Å²) in [6, 6.07) is 12.0. The number of nitrogens with one attached hydrogen (secondary N) is 1. The van der Waals surface area contributed by atoms with Gasteiger partial charge >= 0.3 is 0 Å². The molecule has 3 rings (SSSR count). The Morgan fingerprint density at radius 2 is 1.64 bits per heavy atom. The first-order valence-corrected chi connectivity index (χ1v) is 9.46. The number of hydrogen-bond acceptors (Lipinski definition) is 4. The Hall–Kier alpha value is -2.73. The molecule has 7 heteroatoms. The highest BCUT2D eigenvalue weighted by molar-refractivity contribution is 6.30. The molecule has 1 aliphatic rings. The standard InChI is InChI=1S/C21H23ClN2O4/c1-27-18-11-15(12-19(13-18)28-2)20(25)23-17-6-8-24(9-7-17)21(26)14-4-3-5-16(22)10-14/h3-5,10-13,17H,6-9H2,1-2H3,(H,23,25). The number of piperidine rings is 1. The zero-order chi connectivity index (χ0) is 20.1. The topological polar surface area (TPSA) is 67.9 Å². The summed E-state index contributed by atoms with van der Waals surface area (Å²) in [6.07, 6.45) is 1.39. The lowest BCUT2D eigenvalue weighted by Crippen LogP contribution is -2.46. The van der Waals surface area contributed by atoms with Gasteiger partial charge in [-0.25, -0.2) is 0 Å². The molecule has 0 aliphatic carbocycles. The number of likely N-dealkylation sites (tertiary alicyclic amines) is 1. The van der Waals surface area contributed by atoms with E-state index in [1.165, 1.54) is 0 Å². The number of benzene rings is 2. The Bertz CT molecular complexity index is 841. The Kier molecular flexibility index (Phi) is 6.41. The molecule has 0 radical (unpaired) electrons. The van der Waals surface area contributed by atoms with Crippen molar-refractivity contribution in [3.05, 3.63) is 58.6 Å². The molecule has 28 heavy (non-hydrogen) atoms. The lowest BCUT2D eigenvalue weighted by Gasteiger charge is -2.32. The zero-order valence-electron chi connectivity index (χ0n) is 15.9. The highest BCUT2D eigenvalue weighted by Crippen LogP contribution is 2.23. The van der Waals surface area contributed by atoms with Gasteiger partial charge in [0, 0.05) is 41.3 Å². The van der Waals surface area contributed by atoms with Crippen LogP contribution >= 0.6 is 11.6 Å². The van der Waals surface area contributed by atoms with E-state index in [-0.39, 0.29) is 17.9 Å². The average Bonchev–Trinajstić information content (AvgIpc) is 2.73. The highest BCUT2D eigenvalue weighted by atomic mass is 35.5. The van der Waals surface area contributed by atoms with Crippen LogP contribution in [0.2, 0.25) is 5.02 Å². The van der Waals surface area contributed by atoms with Crippen molar-refractivity contribution in [2.24, 2.45) is 0 Å². The first-order chi connectivity index (χ1) is 13.5. The summed E-state index contributed by atoms with van der Waals surface area (Å²) < 4.78 is 10.4. The van der Waals surface area contributed by atoms with Crippen LogP contribution in [-0.2, 0) is 0 Å². The number of rotatable bonds is 5. The van der Waals surface area contributed by atoms with E-state index >= 15 is 0 Å². The normalized spacial score (nSPS) is 14.5. The van der Waals surface area contributed by atoms with Crippen LogP contribution in [0, 0.1) is 0 Å². The van der Waals surface area contributed by atoms with Gasteiger partial charge in [0.15, 0.2) is 0 Å². The van der Waals surface area contributed by atoms with Crippen molar-refractivity contribution in [2.45, 2.75) is 18.9 Å². The molecule has 2 aromatic carbocycles. The number of halogens is 1. The molecule has 2 amide bonds. The summed E-state index contributed by atoms with van der Waals surface area (Å²) in [5.41, 5.74) is 1.06. The molecule has 0 spiro atoms. The van der Waals surface area contributed by atoms with E-state index in [2.05, 4.69) is 5.32 Å². The number of amides is 2. The molecule has 1 N–H and O–H groups in total. The monoisotopic (exact) mass is 402 g/mol. The van der Waals surface area contributed by atoms with Crippen LogP contribution in [0.5, 0.6) is 11.5 Å². The van der Waals surface area contributed by atoms with Crippen molar-refractivity contribution in [2.75, 3.05) is 27.3 Å². The molecule has 148 valence electrons. The third kappa shape index (κ3) is 4.75. The van der Waals surface area contributed by atoms with Gasteiger partial charge in [-0.1, -0.05) is 17.7 Å². The van der Waals surface area contributed by atoms with Crippen LogP contribution in [0.15, 0.2) is 42.5 Å². The van der Waals surface area contributed by atoms with Gasteiger partial charge in [0.05, 0.1) is 14.2 Å². The van der Waals surface area contributed by atoms with E-state index in [4.69, 9.17) is 21.1 Å². The maximum atomic E-state index is 12.6. The molecule has 0 saturated carbocycles. The Labute approximate surface area is 169 Å². The molecule has 0 atom stereocenters. The highest BCUT2D eigenvalue weighted by Gasteiger charge is 2.25. The summed E-state index contributed by atoms with van der Waals surface area (Å²) >= 11 is 5.97. The second-order valence-corrected chi connectivity index (χ2v) is 7.09. The van der Waals surface area contributed by atoms with Crippen molar-refractivity contribution in [1.29, 1.82) is 0 Å². The molecule has 1 heterocycles. The second kappa shape index (κ2) is 8.97. The van der Waals surface area contributed by atoms with Crippen LogP contribution in [0.4, 0.5) is 0 Å². The molecule has 1 saturated heterocycles. The summed E-state index contributed by atoms with van der Waals surface area (Å²) in [4.78, 5) is 27.0. The second-order valence-electron chi connectivity index (χ2n) is 6.65. The van der Waals surface area contributed by atoms with E-state index in [0.717, 1.165) is 0 Å². The minimum absolute atomic E-state index is 0.00751. The Morgan fingerprint density at radius 1 is 1.00 bits per heavy atom. The number of nitrogens with zero attached hydrogens (tertiary/aromatic N) is 1. The summed E-state index contributed by atoms with van der Waals surface area (Å²) in [5, 5.41) is 3.58. The largest absolute Gasteiger partial charge is 0.497 e. The zero-order valence-corrected chi connectivity index (χ0v) is 16.7. The van der Waals surface area contributed by atoms with Gasteiger partial charge in [0.25, 0.3) is 11.8 Å². The van der Waals surface area contributed by atoms with Crippen LogP contribution in [0.25, 0.3) is 0 Å². The molecule has 1 fully saturated rings. The molecule has 0 aromatic heterocycles. The number of carbonyl (C=O) groups excluding carboxylic acids is 2.